The number of benzene rings is 2. The summed E-state index contributed by atoms with van der Waals surface area (Å²) in [5.41, 5.74) is 1.40. The normalized spacial score (nSPS) is 29.4. The van der Waals surface area contributed by atoms with E-state index in [1.54, 1.807) is 12.1 Å². The summed E-state index contributed by atoms with van der Waals surface area (Å²) >= 11 is 0. The van der Waals surface area contributed by atoms with Gasteiger partial charge in [-0.2, -0.15) is 0 Å². The van der Waals surface area contributed by atoms with E-state index in [0.29, 0.717) is 36.3 Å². The number of nitrogens with zero attached hydrogens (tertiary/aromatic N) is 1. The van der Waals surface area contributed by atoms with E-state index >= 15 is 0 Å². The molecule has 1 saturated heterocycles. The lowest BCUT2D eigenvalue weighted by Crippen LogP contribution is -2.74. The van der Waals surface area contributed by atoms with Crippen molar-refractivity contribution in [2.45, 2.75) is 61.7 Å². The molecular weight excluding hydrogens is 484 g/mol. The van der Waals surface area contributed by atoms with Gasteiger partial charge in [-0.25, -0.2) is 0 Å². The number of ether oxygens (including phenoxy) is 2. The topological polar surface area (TPSA) is 105 Å². The number of aliphatic hydroxyl groups is 1. The van der Waals surface area contributed by atoms with Crippen LogP contribution in [0.15, 0.2) is 54.3 Å². The van der Waals surface area contributed by atoms with Crippen LogP contribution in [0.1, 0.15) is 59.2 Å². The Kier molecular flexibility index (Phi) is 5.92. The molecule has 2 aliphatic heterocycles. The predicted octanol–water partition coefficient (Wildman–Crippen LogP) is 2.63. The fourth-order valence-corrected chi connectivity index (χ4v) is 7.08. The summed E-state index contributed by atoms with van der Waals surface area (Å²) in [5, 5.41) is 15.0. The lowest BCUT2D eigenvalue weighted by atomic mass is 9.50. The summed E-state index contributed by atoms with van der Waals surface area (Å²) in [6.45, 7) is 2.73. The van der Waals surface area contributed by atoms with Crippen LogP contribution in [0.3, 0.4) is 0 Å². The lowest BCUT2D eigenvalue weighted by molar-refractivity contribution is -0.169. The molecule has 1 fully saturated rings. The van der Waals surface area contributed by atoms with Gasteiger partial charge in [0.25, 0.3) is 0 Å². The van der Waals surface area contributed by atoms with E-state index in [9.17, 15) is 19.5 Å². The molecule has 38 heavy (non-hydrogen) atoms. The second-order valence-electron chi connectivity index (χ2n) is 10.9. The number of carbonyl (C=O) groups excluding carboxylic acids is 3. The highest BCUT2D eigenvalue weighted by molar-refractivity contribution is 5.84. The number of hydrogen-bond acceptors (Lipinski definition) is 7. The zero-order valence-corrected chi connectivity index (χ0v) is 21.6. The van der Waals surface area contributed by atoms with Crippen molar-refractivity contribution < 1.29 is 29.0 Å². The van der Waals surface area contributed by atoms with Gasteiger partial charge in [-0.1, -0.05) is 36.4 Å². The number of nitrogens with one attached hydrogen (secondary N) is 1. The molecule has 8 nitrogen and oxygen atoms in total. The van der Waals surface area contributed by atoms with E-state index in [1.165, 1.54) is 0 Å². The number of likely N-dealkylation sites (N-methyl/N-ethyl adjacent to an activating group) is 1. The zero-order chi connectivity index (χ0) is 26.7. The van der Waals surface area contributed by atoms with Gasteiger partial charge in [-0.3, -0.25) is 14.4 Å². The molecule has 198 valence electrons. The summed E-state index contributed by atoms with van der Waals surface area (Å²) in [6, 6.07) is 13.1. The fourth-order valence-electron chi connectivity index (χ4n) is 7.08. The number of piperidine rings is 1. The van der Waals surface area contributed by atoms with Crippen LogP contribution >= 0.6 is 0 Å². The Morgan fingerprint density at radius 2 is 2.05 bits per heavy atom. The maximum Gasteiger partial charge on any atom is 0.312 e. The number of rotatable bonds is 7. The van der Waals surface area contributed by atoms with Crippen molar-refractivity contribution in [2.75, 3.05) is 20.1 Å². The van der Waals surface area contributed by atoms with E-state index in [-0.39, 0.29) is 30.8 Å². The van der Waals surface area contributed by atoms with Crippen molar-refractivity contribution in [3.8, 4) is 5.75 Å². The second-order valence-corrected chi connectivity index (χ2v) is 10.9. The summed E-state index contributed by atoms with van der Waals surface area (Å²) in [7, 11) is 2.03. The van der Waals surface area contributed by atoms with Crippen molar-refractivity contribution in [1.29, 1.82) is 0 Å². The molecule has 2 aromatic carbocycles. The average Bonchev–Trinajstić information content (AvgIpc) is 3.28. The van der Waals surface area contributed by atoms with Gasteiger partial charge in [0.2, 0.25) is 5.91 Å². The number of likely N-dealkylation sites (tertiary alicyclic amines) is 1. The molecule has 0 aromatic heterocycles. The first-order valence-electron chi connectivity index (χ1n) is 13.2. The maximum absolute atomic E-state index is 12.9. The van der Waals surface area contributed by atoms with Gasteiger partial charge in [-0.15, -0.1) is 0 Å². The molecule has 2 aromatic rings. The third-order valence-corrected chi connectivity index (χ3v) is 9.08. The Morgan fingerprint density at radius 1 is 1.26 bits per heavy atom. The van der Waals surface area contributed by atoms with Crippen LogP contribution in [0.4, 0.5) is 0 Å². The third kappa shape index (κ3) is 3.47. The number of esters is 1. The molecule has 2 aliphatic carbocycles. The summed E-state index contributed by atoms with van der Waals surface area (Å²) in [4.78, 5) is 39.5. The molecule has 4 aliphatic rings. The molecule has 2 N–H and O–H groups in total. The number of carbonyl (C=O) groups is 3. The molecule has 2 bridgehead atoms. The van der Waals surface area contributed by atoms with Gasteiger partial charge in [0.05, 0.1) is 28.9 Å². The van der Waals surface area contributed by atoms with Crippen molar-refractivity contribution in [2.24, 2.45) is 0 Å². The standard InChI is InChI=1S/C30H32N2O6/c1-18(19-6-4-3-5-7-19)28(35)31-14-11-24(34)37-22-10-12-30(36)23-16-20-8-9-21(17-33)26-25(20)29(30,27(22)38-26)13-15-32(23)2/h3-10,17-18,23,27,36H,11-16H2,1-2H3,(H,31,35)/t18-,23+,27-,29-,30+/m0/s1. The second kappa shape index (κ2) is 9.06. The van der Waals surface area contributed by atoms with Crippen molar-refractivity contribution in [1.82, 2.24) is 10.2 Å². The number of aldehydes is 1. The Balaban J connectivity index is 1.20. The maximum atomic E-state index is 12.9. The van der Waals surface area contributed by atoms with Crippen LogP contribution < -0.4 is 10.1 Å². The number of hydrogen-bond donors (Lipinski definition) is 2. The van der Waals surface area contributed by atoms with Crippen LogP contribution in [-0.4, -0.2) is 66.1 Å². The van der Waals surface area contributed by atoms with Crippen LogP contribution in [-0.2, 0) is 26.2 Å². The van der Waals surface area contributed by atoms with Gasteiger partial charge in [-0.05, 0) is 56.6 Å². The smallest absolute Gasteiger partial charge is 0.312 e. The quantitative estimate of drug-likeness (QED) is 0.431. The highest BCUT2D eigenvalue weighted by Gasteiger charge is 2.71. The molecule has 1 spiro atoms. The van der Waals surface area contributed by atoms with Gasteiger partial charge in [0.1, 0.15) is 11.5 Å². The minimum absolute atomic E-state index is 0.00226. The summed E-state index contributed by atoms with van der Waals surface area (Å²) < 4.78 is 12.3. The highest BCUT2D eigenvalue weighted by atomic mass is 16.6. The summed E-state index contributed by atoms with van der Waals surface area (Å²) in [5.74, 6) is -0.113. The molecule has 0 saturated carbocycles. The molecule has 0 radical (unpaired) electrons. The van der Waals surface area contributed by atoms with E-state index < -0.39 is 23.1 Å². The predicted molar refractivity (Wildman–Crippen MR) is 139 cm³/mol. The SMILES string of the molecule is C[C@H](C(=O)NCCC(=O)OC1=CC[C@@]2(O)[C@H]3Cc4ccc(C=O)c5c4[C@@]2(CCN3C)[C@H]1O5)c1ccccc1. The first kappa shape index (κ1) is 24.8. The zero-order valence-electron chi connectivity index (χ0n) is 21.6. The Bertz CT molecular complexity index is 1340. The summed E-state index contributed by atoms with van der Waals surface area (Å²) in [6.07, 6.45) is 3.43. The van der Waals surface area contributed by atoms with E-state index in [0.717, 1.165) is 29.5 Å². The fraction of sp³-hybridized carbons (Fsp3) is 0.433. The van der Waals surface area contributed by atoms with Crippen LogP contribution in [0.25, 0.3) is 0 Å². The van der Waals surface area contributed by atoms with E-state index in [4.69, 9.17) is 9.47 Å². The Labute approximate surface area is 221 Å². The third-order valence-electron chi connectivity index (χ3n) is 9.08. The Morgan fingerprint density at radius 3 is 2.82 bits per heavy atom. The molecule has 1 amide bonds. The molecule has 8 heteroatoms. The number of amides is 1. The van der Waals surface area contributed by atoms with Gasteiger partial charge in [0, 0.05) is 24.6 Å². The first-order valence-corrected chi connectivity index (χ1v) is 13.2. The van der Waals surface area contributed by atoms with Crippen molar-refractivity contribution >= 4 is 18.2 Å². The monoisotopic (exact) mass is 516 g/mol. The van der Waals surface area contributed by atoms with Crippen LogP contribution in [0.2, 0.25) is 0 Å². The molecule has 2 heterocycles. The molecule has 5 atom stereocenters. The van der Waals surface area contributed by atoms with Gasteiger partial charge >= 0.3 is 5.97 Å². The minimum atomic E-state index is -1.11. The van der Waals surface area contributed by atoms with Crippen molar-refractivity contribution in [3.63, 3.8) is 0 Å². The lowest BCUT2D eigenvalue weighted by Gasteiger charge is -2.61. The molecule has 0 unspecified atom stereocenters. The first-order chi connectivity index (χ1) is 18.3. The van der Waals surface area contributed by atoms with Gasteiger partial charge in [0.15, 0.2) is 12.4 Å². The van der Waals surface area contributed by atoms with E-state index in [1.807, 2.05) is 50.4 Å². The van der Waals surface area contributed by atoms with Crippen molar-refractivity contribution in [3.05, 3.63) is 76.6 Å². The van der Waals surface area contributed by atoms with Gasteiger partial charge < -0.3 is 24.8 Å². The minimum Gasteiger partial charge on any atom is -0.480 e. The molecule has 6 rings (SSSR count). The Hall–Kier alpha value is -3.49. The molecular formula is C30H32N2O6. The van der Waals surface area contributed by atoms with Crippen LogP contribution in [0, 0.1) is 0 Å². The largest absolute Gasteiger partial charge is 0.480 e. The van der Waals surface area contributed by atoms with Crippen LogP contribution in [0.5, 0.6) is 5.75 Å². The average molecular weight is 517 g/mol. The van der Waals surface area contributed by atoms with E-state index in [2.05, 4.69) is 10.2 Å². The highest BCUT2D eigenvalue weighted by Crippen LogP contribution is 2.64.